The summed E-state index contributed by atoms with van der Waals surface area (Å²) in [5.41, 5.74) is 10.6. The average molecular weight is 233 g/mol. The number of nitrogen functional groups attached to an aromatic ring is 1. The summed E-state index contributed by atoms with van der Waals surface area (Å²) in [4.78, 5) is 15.3. The molecule has 0 bridgehead atoms. The molecule has 90 valence electrons. The van der Waals surface area contributed by atoms with E-state index in [0.717, 1.165) is 0 Å². The van der Waals surface area contributed by atoms with Crippen LogP contribution in [0.1, 0.15) is 25.8 Å². The van der Waals surface area contributed by atoms with Gasteiger partial charge in [-0.25, -0.2) is 4.98 Å². The van der Waals surface area contributed by atoms with Crippen LogP contribution in [0.2, 0.25) is 0 Å². The quantitative estimate of drug-likeness (QED) is 0.703. The number of primary amides is 1. The lowest BCUT2D eigenvalue weighted by Gasteiger charge is -2.26. The molecular weight excluding hydrogens is 218 g/mol. The van der Waals surface area contributed by atoms with E-state index < -0.39 is 11.4 Å². The summed E-state index contributed by atoms with van der Waals surface area (Å²) in [5.74, 6) is -0.188. The topological polar surface area (TPSA) is 118 Å². The van der Waals surface area contributed by atoms with Gasteiger partial charge in [0.1, 0.15) is 17.4 Å². The minimum atomic E-state index is -0.936. The molecule has 0 saturated carbocycles. The zero-order chi connectivity index (χ0) is 13.1. The van der Waals surface area contributed by atoms with Crippen LogP contribution in [0, 0.1) is 11.3 Å². The third-order valence-electron chi connectivity index (χ3n) is 2.67. The zero-order valence-corrected chi connectivity index (χ0v) is 9.82. The van der Waals surface area contributed by atoms with Crippen LogP contribution in [-0.2, 0) is 4.79 Å². The van der Waals surface area contributed by atoms with Gasteiger partial charge in [0.25, 0.3) is 0 Å². The molecule has 5 N–H and O–H groups in total. The maximum Gasteiger partial charge on any atom is 0.242 e. The molecule has 1 aromatic rings. The number of aromatic nitrogens is 1. The van der Waals surface area contributed by atoms with Crippen molar-refractivity contribution in [1.82, 2.24) is 4.98 Å². The van der Waals surface area contributed by atoms with Crippen LogP contribution in [0.25, 0.3) is 0 Å². The largest absolute Gasteiger partial charge is 0.397 e. The van der Waals surface area contributed by atoms with E-state index in [2.05, 4.69) is 10.3 Å². The van der Waals surface area contributed by atoms with E-state index in [0.29, 0.717) is 17.9 Å². The van der Waals surface area contributed by atoms with Crippen molar-refractivity contribution in [3.63, 3.8) is 0 Å². The molecule has 1 unspecified atom stereocenters. The summed E-state index contributed by atoms with van der Waals surface area (Å²) in [6.07, 6.45) is 1.90. The molecule has 0 spiro atoms. The minimum absolute atomic E-state index is 0.283. The summed E-state index contributed by atoms with van der Waals surface area (Å²) >= 11 is 0. The highest BCUT2D eigenvalue weighted by atomic mass is 16.1. The first-order valence-electron chi connectivity index (χ1n) is 5.16. The monoisotopic (exact) mass is 233 g/mol. The molecule has 0 aliphatic rings. The van der Waals surface area contributed by atoms with Gasteiger partial charge in [-0.2, -0.15) is 5.26 Å². The number of hydrogen-bond donors (Lipinski definition) is 3. The average Bonchev–Trinajstić information content (AvgIpc) is 2.30. The van der Waals surface area contributed by atoms with Crippen LogP contribution in [0.15, 0.2) is 12.3 Å². The number of hydrogen-bond acceptors (Lipinski definition) is 5. The smallest absolute Gasteiger partial charge is 0.242 e. The number of amides is 1. The van der Waals surface area contributed by atoms with Gasteiger partial charge in [0.2, 0.25) is 5.91 Å². The highest BCUT2D eigenvalue weighted by Crippen LogP contribution is 2.21. The zero-order valence-electron chi connectivity index (χ0n) is 9.82. The van der Waals surface area contributed by atoms with E-state index >= 15 is 0 Å². The fraction of sp³-hybridized carbons (Fsp3) is 0.364. The molecule has 1 amide bonds. The molecule has 1 aromatic heterocycles. The van der Waals surface area contributed by atoms with Crippen molar-refractivity contribution in [2.24, 2.45) is 5.73 Å². The Morgan fingerprint density at radius 2 is 2.35 bits per heavy atom. The minimum Gasteiger partial charge on any atom is -0.397 e. The van der Waals surface area contributed by atoms with E-state index in [4.69, 9.17) is 16.7 Å². The molecule has 6 heteroatoms. The Balaban J connectivity index is 3.11. The molecule has 0 saturated heterocycles. The van der Waals surface area contributed by atoms with Gasteiger partial charge in [-0.3, -0.25) is 4.79 Å². The number of carbonyl (C=O) groups is 1. The Morgan fingerprint density at radius 3 is 2.82 bits per heavy atom. The molecule has 0 radical (unpaired) electrons. The van der Waals surface area contributed by atoms with E-state index in [1.165, 1.54) is 12.3 Å². The molecular formula is C11H15N5O. The lowest BCUT2D eigenvalue weighted by Crippen LogP contribution is -2.47. The van der Waals surface area contributed by atoms with Gasteiger partial charge in [-0.1, -0.05) is 6.92 Å². The van der Waals surface area contributed by atoms with Crippen molar-refractivity contribution >= 4 is 17.4 Å². The Morgan fingerprint density at radius 1 is 1.71 bits per heavy atom. The van der Waals surface area contributed by atoms with Gasteiger partial charge in [-0.15, -0.1) is 0 Å². The van der Waals surface area contributed by atoms with Crippen molar-refractivity contribution < 1.29 is 4.79 Å². The van der Waals surface area contributed by atoms with Crippen molar-refractivity contribution in [3.8, 4) is 6.07 Å². The highest BCUT2D eigenvalue weighted by Gasteiger charge is 2.29. The Hall–Kier alpha value is -2.29. The van der Waals surface area contributed by atoms with Gasteiger partial charge in [0.15, 0.2) is 0 Å². The standard InChI is InChI=1S/C11H15N5O/c1-3-11(2,10(14)17)16-9-7(5-12)4-8(13)6-15-9/h4,6H,3,13H2,1-2H3,(H2,14,17)(H,15,16). The fourth-order valence-electron chi connectivity index (χ4n) is 1.25. The number of nitriles is 1. The van der Waals surface area contributed by atoms with E-state index in [-0.39, 0.29) is 5.56 Å². The molecule has 1 rings (SSSR count). The molecule has 0 fully saturated rings. The van der Waals surface area contributed by atoms with Crippen LogP contribution in [0.4, 0.5) is 11.5 Å². The van der Waals surface area contributed by atoms with Crippen molar-refractivity contribution in [2.45, 2.75) is 25.8 Å². The Labute approximate surface area is 99.6 Å². The van der Waals surface area contributed by atoms with Gasteiger partial charge in [0, 0.05) is 0 Å². The fourth-order valence-corrected chi connectivity index (χ4v) is 1.25. The van der Waals surface area contributed by atoms with E-state index in [1.807, 2.05) is 13.0 Å². The molecule has 1 atom stereocenters. The number of nitrogens with zero attached hydrogens (tertiary/aromatic N) is 2. The first-order valence-corrected chi connectivity index (χ1v) is 5.16. The maximum absolute atomic E-state index is 11.3. The maximum atomic E-state index is 11.3. The number of rotatable bonds is 4. The van der Waals surface area contributed by atoms with Crippen molar-refractivity contribution in [1.29, 1.82) is 5.26 Å². The van der Waals surface area contributed by atoms with Crippen molar-refractivity contribution in [3.05, 3.63) is 17.8 Å². The van der Waals surface area contributed by atoms with Gasteiger partial charge >= 0.3 is 0 Å². The summed E-state index contributed by atoms with van der Waals surface area (Å²) < 4.78 is 0. The Kier molecular flexibility index (Phi) is 3.53. The lowest BCUT2D eigenvalue weighted by atomic mass is 9.98. The van der Waals surface area contributed by atoms with Crippen LogP contribution in [-0.4, -0.2) is 16.4 Å². The first-order chi connectivity index (χ1) is 7.92. The second-order valence-corrected chi connectivity index (χ2v) is 3.95. The second-order valence-electron chi connectivity index (χ2n) is 3.95. The number of pyridine rings is 1. The summed E-state index contributed by atoms with van der Waals surface area (Å²) in [5, 5.41) is 11.8. The van der Waals surface area contributed by atoms with E-state index in [1.54, 1.807) is 6.92 Å². The lowest BCUT2D eigenvalue weighted by molar-refractivity contribution is -0.121. The Bertz CT molecular complexity index is 479. The molecule has 6 nitrogen and oxygen atoms in total. The van der Waals surface area contributed by atoms with Crippen molar-refractivity contribution in [2.75, 3.05) is 11.1 Å². The van der Waals surface area contributed by atoms with Gasteiger partial charge in [-0.05, 0) is 19.4 Å². The third kappa shape index (κ3) is 2.64. The van der Waals surface area contributed by atoms with Gasteiger partial charge < -0.3 is 16.8 Å². The number of nitrogens with one attached hydrogen (secondary N) is 1. The van der Waals surface area contributed by atoms with Crippen LogP contribution < -0.4 is 16.8 Å². The number of anilines is 2. The highest BCUT2D eigenvalue weighted by molar-refractivity contribution is 5.87. The second kappa shape index (κ2) is 4.70. The van der Waals surface area contributed by atoms with Crippen LogP contribution >= 0.6 is 0 Å². The summed E-state index contributed by atoms with van der Waals surface area (Å²) in [6, 6.07) is 3.46. The van der Waals surface area contributed by atoms with E-state index in [9.17, 15) is 4.79 Å². The molecule has 0 aliphatic heterocycles. The summed E-state index contributed by atoms with van der Waals surface area (Å²) in [7, 11) is 0. The molecule has 0 aliphatic carbocycles. The molecule has 0 aromatic carbocycles. The first kappa shape index (κ1) is 12.8. The number of nitrogens with two attached hydrogens (primary N) is 2. The SMILES string of the molecule is CCC(C)(Nc1ncc(N)cc1C#N)C(N)=O. The third-order valence-corrected chi connectivity index (χ3v) is 2.67. The van der Waals surface area contributed by atoms with Crippen LogP contribution in [0.5, 0.6) is 0 Å². The molecule has 17 heavy (non-hydrogen) atoms. The number of carbonyl (C=O) groups excluding carboxylic acids is 1. The molecule has 1 heterocycles. The summed E-state index contributed by atoms with van der Waals surface area (Å²) in [6.45, 7) is 3.48. The predicted molar refractivity (Wildman–Crippen MR) is 64.9 cm³/mol. The predicted octanol–water partition coefficient (Wildman–Crippen LogP) is 0.601. The van der Waals surface area contributed by atoms with Gasteiger partial charge in [0.05, 0.1) is 17.4 Å². The normalized spacial score (nSPS) is 13.5. The van der Waals surface area contributed by atoms with Crippen LogP contribution in [0.3, 0.4) is 0 Å².